The van der Waals surface area contributed by atoms with Crippen molar-refractivity contribution in [3.63, 3.8) is 0 Å². The van der Waals surface area contributed by atoms with Crippen molar-refractivity contribution in [3.8, 4) is 11.5 Å². The first-order valence-corrected chi connectivity index (χ1v) is 13.7. The first kappa shape index (κ1) is 30.7. The molecule has 0 saturated heterocycles. The normalized spacial score (nSPS) is 11.8. The molecule has 0 saturated carbocycles. The molecule has 40 heavy (non-hydrogen) atoms. The van der Waals surface area contributed by atoms with Crippen molar-refractivity contribution in [2.24, 2.45) is 4.99 Å². The fourth-order valence-corrected chi connectivity index (χ4v) is 4.87. The molecular weight excluding hydrogens is 528 g/mol. The van der Waals surface area contributed by atoms with Crippen LogP contribution < -0.4 is 26.0 Å². The monoisotopic (exact) mass is 566 g/mol. The SMILES string of the molecule is C=CC[N+](CCCc1ccc(OC)cc1)(CCCc1ccc(OC)cc1)CCN=C([O-])c1nc(Cl)c(N)nc1N. The Morgan fingerprint density at radius 2 is 1.43 bits per heavy atom. The van der Waals surface area contributed by atoms with Crippen molar-refractivity contribution in [1.29, 1.82) is 0 Å². The van der Waals surface area contributed by atoms with Gasteiger partial charge in [-0.25, -0.2) is 9.97 Å². The molecule has 0 aliphatic heterocycles. The number of rotatable bonds is 16. The molecule has 0 fully saturated rings. The van der Waals surface area contributed by atoms with Gasteiger partial charge in [0.05, 0.1) is 46.9 Å². The number of benzene rings is 2. The largest absolute Gasteiger partial charge is 0.857 e. The van der Waals surface area contributed by atoms with E-state index in [2.05, 4.69) is 45.8 Å². The third kappa shape index (κ3) is 8.86. The second kappa shape index (κ2) is 15.1. The fourth-order valence-electron chi connectivity index (χ4n) is 4.74. The van der Waals surface area contributed by atoms with Crippen molar-refractivity contribution in [2.75, 3.05) is 58.4 Å². The van der Waals surface area contributed by atoms with Gasteiger partial charge in [-0.05, 0) is 54.3 Å². The minimum atomic E-state index is -0.555. The molecule has 0 aliphatic carbocycles. The molecule has 0 atom stereocenters. The van der Waals surface area contributed by atoms with Crippen molar-refractivity contribution in [1.82, 2.24) is 9.97 Å². The fraction of sp³-hybridized carbons (Fsp3) is 0.367. The van der Waals surface area contributed by atoms with Crippen molar-refractivity contribution < 1.29 is 19.1 Å². The summed E-state index contributed by atoms with van der Waals surface area (Å²) in [7, 11) is 3.33. The number of aliphatic imine (C=N–C) groups is 1. The number of halogens is 1. The summed E-state index contributed by atoms with van der Waals surface area (Å²) in [5.74, 6) is 1.03. The lowest BCUT2D eigenvalue weighted by molar-refractivity contribution is -0.921. The lowest BCUT2D eigenvalue weighted by Gasteiger charge is -2.38. The number of quaternary nitrogens is 1. The molecule has 0 amide bonds. The van der Waals surface area contributed by atoms with Gasteiger partial charge in [0, 0.05) is 18.7 Å². The van der Waals surface area contributed by atoms with Crippen LogP contribution in [0.5, 0.6) is 11.5 Å². The molecule has 1 heterocycles. The van der Waals surface area contributed by atoms with Gasteiger partial charge < -0.3 is 30.5 Å². The van der Waals surface area contributed by atoms with Gasteiger partial charge in [-0.15, -0.1) is 0 Å². The highest BCUT2D eigenvalue weighted by atomic mass is 35.5. The third-order valence-corrected chi connectivity index (χ3v) is 7.25. The maximum Gasteiger partial charge on any atom is 0.172 e. The molecule has 0 aliphatic rings. The van der Waals surface area contributed by atoms with E-state index in [1.807, 2.05) is 30.3 Å². The summed E-state index contributed by atoms with van der Waals surface area (Å²) >= 11 is 5.95. The maximum absolute atomic E-state index is 12.8. The van der Waals surface area contributed by atoms with Gasteiger partial charge in [-0.2, -0.15) is 0 Å². The second-order valence-corrected chi connectivity index (χ2v) is 10.1. The van der Waals surface area contributed by atoms with E-state index in [9.17, 15) is 5.11 Å². The number of hydrogen-bond acceptors (Lipinski definition) is 8. The summed E-state index contributed by atoms with van der Waals surface area (Å²) in [6.45, 7) is 7.61. The molecule has 1 aromatic heterocycles. The van der Waals surface area contributed by atoms with Crippen LogP contribution in [0.3, 0.4) is 0 Å². The summed E-state index contributed by atoms with van der Waals surface area (Å²) in [6, 6.07) is 16.3. The molecule has 10 heteroatoms. The molecule has 3 aromatic rings. The van der Waals surface area contributed by atoms with Gasteiger partial charge in [0.15, 0.2) is 16.8 Å². The molecule has 214 valence electrons. The van der Waals surface area contributed by atoms with Gasteiger partial charge in [0.25, 0.3) is 0 Å². The molecular formula is C30H39ClN6O3. The van der Waals surface area contributed by atoms with Crippen molar-refractivity contribution in [3.05, 3.63) is 83.2 Å². The Balaban J connectivity index is 1.72. The topological polar surface area (TPSA) is 132 Å². The number of methoxy groups -OCH3 is 2. The van der Waals surface area contributed by atoms with Crippen molar-refractivity contribution in [2.45, 2.75) is 25.7 Å². The second-order valence-electron chi connectivity index (χ2n) is 9.71. The predicted molar refractivity (Wildman–Crippen MR) is 160 cm³/mol. The molecule has 2 aromatic carbocycles. The maximum atomic E-state index is 12.8. The number of nitrogens with two attached hydrogens (primary N) is 2. The highest BCUT2D eigenvalue weighted by molar-refractivity contribution is 6.31. The minimum Gasteiger partial charge on any atom is -0.857 e. The van der Waals surface area contributed by atoms with Gasteiger partial charge in [0.2, 0.25) is 0 Å². The van der Waals surface area contributed by atoms with Crippen LogP contribution in [-0.2, 0) is 12.8 Å². The van der Waals surface area contributed by atoms with E-state index in [-0.39, 0.29) is 22.5 Å². The van der Waals surface area contributed by atoms with E-state index >= 15 is 0 Å². The number of anilines is 2. The Morgan fingerprint density at radius 3 is 1.90 bits per heavy atom. The average Bonchev–Trinajstić information content (AvgIpc) is 2.95. The zero-order chi connectivity index (χ0) is 29.0. The van der Waals surface area contributed by atoms with Crippen LogP contribution in [0.2, 0.25) is 5.15 Å². The van der Waals surface area contributed by atoms with E-state index in [1.165, 1.54) is 11.1 Å². The molecule has 0 bridgehead atoms. The van der Waals surface area contributed by atoms with Crippen LogP contribution >= 0.6 is 11.6 Å². The Morgan fingerprint density at radius 1 is 0.900 bits per heavy atom. The van der Waals surface area contributed by atoms with Gasteiger partial charge >= 0.3 is 0 Å². The summed E-state index contributed by atoms with van der Waals surface area (Å²) in [5, 5.41) is 12.7. The Kier molecular flexibility index (Phi) is 11.6. The first-order chi connectivity index (χ1) is 19.3. The predicted octanol–water partition coefficient (Wildman–Crippen LogP) is 3.69. The Bertz CT molecular complexity index is 1210. The first-order valence-electron chi connectivity index (χ1n) is 13.3. The van der Waals surface area contributed by atoms with E-state index in [0.29, 0.717) is 13.1 Å². The molecule has 3 rings (SSSR count). The van der Waals surface area contributed by atoms with E-state index < -0.39 is 5.90 Å². The zero-order valence-corrected chi connectivity index (χ0v) is 24.1. The molecule has 4 N–H and O–H groups in total. The summed E-state index contributed by atoms with van der Waals surface area (Å²) in [4.78, 5) is 12.1. The van der Waals surface area contributed by atoms with Crippen LogP contribution in [0.1, 0.15) is 29.7 Å². The minimum absolute atomic E-state index is 0.0221. The van der Waals surface area contributed by atoms with Crippen LogP contribution in [0.4, 0.5) is 11.6 Å². The van der Waals surface area contributed by atoms with E-state index in [1.54, 1.807) is 14.2 Å². The summed E-state index contributed by atoms with van der Waals surface area (Å²) in [5.41, 5.74) is 13.9. The van der Waals surface area contributed by atoms with E-state index in [0.717, 1.165) is 61.3 Å². The number of hydrogen-bond donors (Lipinski definition) is 2. The number of nitrogens with zero attached hydrogens (tertiary/aromatic N) is 4. The van der Waals surface area contributed by atoms with Crippen LogP contribution in [0.15, 0.2) is 66.2 Å². The van der Waals surface area contributed by atoms with E-state index in [4.69, 9.17) is 32.5 Å². The highest BCUT2D eigenvalue weighted by Gasteiger charge is 2.25. The smallest absolute Gasteiger partial charge is 0.172 e. The lowest BCUT2D eigenvalue weighted by atomic mass is 10.1. The molecule has 0 radical (unpaired) electrons. The average molecular weight is 567 g/mol. The number of nitrogen functional groups attached to an aromatic ring is 2. The van der Waals surface area contributed by atoms with Crippen LogP contribution in [0.25, 0.3) is 0 Å². The van der Waals surface area contributed by atoms with Gasteiger partial charge in [-0.3, -0.25) is 4.99 Å². The Labute approximate surface area is 241 Å². The van der Waals surface area contributed by atoms with Crippen molar-refractivity contribution >= 4 is 29.1 Å². The number of aromatic nitrogens is 2. The lowest BCUT2D eigenvalue weighted by Crippen LogP contribution is -2.51. The zero-order valence-electron chi connectivity index (χ0n) is 23.3. The highest BCUT2D eigenvalue weighted by Crippen LogP contribution is 2.19. The van der Waals surface area contributed by atoms with Gasteiger partial charge in [-0.1, -0.05) is 42.4 Å². The molecule has 0 spiro atoms. The molecule has 9 nitrogen and oxygen atoms in total. The van der Waals surface area contributed by atoms with Crippen LogP contribution in [0, 0.1) is 0 Å². The molecule has 0 unspecified atom stereocenters. The standard InChI is InChI=1S/C30H39ClN6O3/c1-4-18-37(19-5-7-22-9-13-24(39-2)14-10-22,20-6-8-23-11-15-25(40-3)16-12-23)21-17-34-30(38)26-28(32)36-29(33)27(31)35-26/h4,9-16H,1,5-8,17-21H2,2-3H3,(H4-,32,33,34,36,38). The Hall–Kier alpha value is -3.82. The third-order valence-electron chi connectivity index (χ3n) is 6.97. The number of ether oxygens (including phenoxy) is 2. The van der Waals surface area contributed by atoms with Crippen LogP contribution in [-0.4, -0.2) is 67.3 Å². The quantitative estimate of drug-likeness (QED) is 0.117. The van der Waals surface area contributed by atoms with Gasteiger partial charge in [0.1, 0.15) is 17.2 Å². The summed E-state index contributed by atoms with van der Waals surface area (Å²) < 4.78 is 11.3. The number of aryl methyl sites for hydroxylation is 2. The summed E-state index contributed by atoms with van der Waals surface area (Å²) in [6.07, 6.45) is 5.77.